The predicted octanol–water partition coefficient (Wildman–Crippen LogP) is 15.3. The molecule has 0 spiro atoms. The molecule has 0 unspecified atom stereocenters. The standard InChI is InChI=1S/C56H45N/c1-55(2)51-15-9-7-13-46(51)36-53(55)42-20-17-39(18-21-42)40-23-29-48(30-24-40)57(49-31-25-41(26-32-49)45-22-19-38-11-5-6-12-44(38)35-45)50-33-27-43(28-34-50)54-37-47-14-8-10-16-52(47)56(54,3)4/h5-37H,1-4H3. The maximum Gasteiger partial charge on any atom is 0.0462 e. The second kappa shape index (κ2) is 13.5. The van der Waals surface area contributed by atoms with Gasteiger partial charge in [-0.2, -0.15) is 0 Å². The Hall–Kier alpha value is -6.70. The number of benzene rings is 8. The van der Waals surface area contributed by atoms with E-state index in [1.54, 1.807) is 0 Å². The maximum atomic E-state index is 2.37. The van der Waals surface area contributed by atoms with Crippen LogP contribution in [0.1, 0.15) is 61.1 Å². The third-order valence-electron chi connectivity index (χ3n) is 12.5. The summed E-state index contributed by atoms with van der Waals surface area (Å²) in [5, 5.41) is 2.51. The Labute approximate surface area is 336 Å². The van der Waals surface area contributed by atoms with E-state index in [2.05, 4.69) is 233 Å². The van der Waals surface area contributed by atoms with Gasteiger partial charge in [-0.3, -0.25) is 0 Å². The first kappa shape index (κ1) is 34.8. The topological polar surface area (TPSA) is 3.24 Å². The van der Waals surface area contributed by atoms with Gasteiger partial charge < -0.3 is 4.90 Å². The van der Waals surface area contributed by atoms with Crippen LogP contribution in [0.2, 0.25) is 0 Å². The second-order valence-electron chi connectivity index (χ2n) is 16.7. The van der Waals surface area contributed by atoms with Gasteiger partial charge in [0.15, 0.2) is 0 Å². The van der Waals surface area contributed by atoms with E-state index < -0.39 is 0 Å². The average molecular weight is 732 g/mol. The summed E-state index contributed by atoms with van der Waals surface area (Å²) < 4.78 is 0. The Bertz CT molecular complexity index is 2850. The quantitative estimate of drug-likeness (QED) is 0.158. The van der Waals surface area contributed by atoms with Gasteiger partial charge in [-0.1, -0.05) is 173 Å². The highest BCUT2D eigenvalue weighted by Gasteiger charge is 2.34. The number of allylic oxidation sites excluding steroid dienone is 2. The fourth-order valence-electron chi connectivity index (χ4n) is 9.29. The molecule has 0 aliphatic heterocycles. The van der Waals surface area contributed by atoms with E-state index in [4.69, 9.17) is 0 Å². The molecule has 2 aliphatic rings. The molecule has 1 nitrogen and oxygen atoms in total. The van der Waals surface area contributed by atoms with Gasteiger partial charge in [-0.05, 0) is 132 Å². The van der Waals surface area contributed by atoms with Crippen molar-refractivity contribution >= 4 is 51.1 Å². The van der Waals surface area contributed by atoms with Crippen LogP contribution in [0.5, 0.6) is 0 Å². The highest BCUT2D eigenvalue weighted by atomic mass is 15.1. The van der Waals surface area contributed by atoms with Gasteiger partial charge >= 0.3 is 0 Å². The Balaban J connectivity index is 0.977. The van der Waals surface area contributed by atoms with Crippen LogP contribution >= 0.6 is 0 Å². The van der Waals surface area contributed by atoms with Crippen LogP contribution < -0.4 is 4.90 Å². The smallest absolute Gasteiger partial charge is 0.0462 e. The SMILES string of the molecule is CC1(C)C(c2ccc(-c3ccc(N(c4ccc(C5=Cc6ccccc6C5(C)C)cc4)c4ccc(-c5ccc6ccccc6c5)cc4)cc3)cc2)=Cc2ccccc21. The number of nitrogens with zero attached hydrogens (tertiary/aromatic N) is 1. The molecule has 0 radical (unpaired) electrons. The van der Waals surface area contributed by atoms with Crippen molar-refractivity contribution in [2.45, 2.75) is 38.5 Å². The van der Waals surface area contributed by atoms with E-state index >= 15 is 0 Å². The Morgan fingerprint density at radius 1 is 0.316 bits per heavy atom. The number of anilines is 3. The lowest BCUT2D eigenvalue weighted by Crippen LogP contribution is -2.16. The van der Waals surface area contributed by atoms with Gasteiger partial charge in [0.05, 0.1) is 0 Å². The van der Waals surface area contributed by atoms with Gasteiger partial charge in [0.1, 0.15) is 0 Å². The summed E-state index contributed by atoms with van der Waals surface area (Å²) in [7, 11) is 0. The van der Waals surface area contributed by atoms with E-state index in [1.165, 1.54) is 77.6 Å². The van der Waals surface area contributed by atoms with E-state index in [0.29, 0.717) is 0 Å². The van der Waals surface area contributed by atoms with Crippen LogP contribution in [0.25, 0.3) is 56.3 Å². The van der Waals surface area contributed by atoms with E-state index in [-0.39, 0.29) is 10.8 Å². The molecule has 0 bridgehead atoms. The van der Waals surface area contributed by atoms with Crippen LogP contribution in [0.15, 0.2) is 188 Å². The van der Waals surface area contributed by atoms with E-state index in [1.807, 2.05) is 0 Å². The summed E-state index contributed by atoms with van der Waals surface area (Å²) in [5.41, 5.74) is 18.8. The minimum Gasteiger partial charge on any atom is -0.311 e. The molecule has 0 fully saturated rings. The van der Waals surface area contributed by atoms with Gasteiger partial charge in [0.25, 0.3) is 0 Å². The summed E-state index contributed by atoms with van der Waals surface area (Å²) in [5.74, 6) is 0. The minimum absolute atomic E-state index is 0.0235. The van der Waals surface area contributed by atoms with Crippen molar-refractivity contribution in [3.8, 4) is 22.3 Å². The lowest BCUT2D eigenvalue weighted by molar-refractivity contribution is 0.704. The molecule has 0 saturated heterocycles. The van der Waals surface area contributed by atoms with Crippen LogP contribution in [0.3, 0.4) is 0 Å². The third kappa shape index (κ3) is 6.03. The Morgan fingerprint density at radius 3 is 1.14 bits per heavy atom. The molecule has 1 heteroatoms. The number of rotatable bonds is 7. The van der Waals surface area contributed by atoms with Crippen LogP contribution in [-0.4, -0.2) is 0 Å². The zero-order chi connectivity index (χ0) is 38.7. The number of hydrogen-bond acceptors (Lipinski definition) is 1. The largest absolute Gasteiger partial charge is 0.311 e. The molecule has 57 heavy (non-hydrogen) atoms. The third-order valence-corrected chi connectivity index (χ3v) is 12.5. The Kier molecular flexibility index (Phi) is 8.23. The minimum atomic E-state index is -0.0559. The number of fused-ring (bicyclic) bond motifs is 3. The molecule has 0 saturated carbocycles. The second-order valence-corrected chi connectivity index (χ2v) is 16.7. The summed E-state index contributed by atoms with van der Waals surface area (Å²) in [6, 6.07) is 69.1. The van der Waals surface area contributed by atoms with Crippen LogP contribution in [0, 0.1) is 0 Å². The molecule has 10 rings (SSSR count). The monoisotopic (exact) mass is 731 g/mol. The molecule has 0 N–H and O–H groups in total. The first-order chi connectivity index (χ1) is 27.7. The molecule has 0 atom stereocenters. The molecule has 8 aromatic carbocycles. The van der Waals surface area contributed by atoms with Crippen molar-refractivity contribution < 1.29 is 0 Å². The fourth-order valence-corrected chi connectivity index (χ4v) is 9.29. The van der Waals surface area contributed by atoms with Crippen molar-refractivity contribution in [2.75, 3.05) is 4.90 Å². The summed E-state index contributed by atoms with van der Waals surface area (Å²) in [6.07, 6.45) is 4.72. The summed E-state index contributed by atoms with van der Waals surface area (Å²) >= 11 is 0. The molecule has 8 aromatic rings. The maximum absolute atomic E-state index is 2.37. The average Bonchev–Trinajstić information content (AvgIpc) is 3.69. The normalized spacial score (nSPS) is 14.8. The zero-order valence-corrected chi connectivity index (χ0v) is 33.0. The van der Waals surface area contributed by atoms with Gasteiger partial charge in [0, 0.05) is 27.9 Å². The first-order valence-electron chi connectivity index (χ1n) is 20.1. The van der Waals surface area contributed by atoms with Crippen molar-refractivity contribution in [1.82, 2.24) is 0 Å². The van der Waals surface area contributed by atoms with Crippen molar-refractivity contribution in [3.63, 3.8) is 0 Å². The lowest BCUT2D eigenvalue weighted by Gasteiger charge is -2.28. The van der Waals surface area contributed by atoms with Crippen LogP contribution in [0.4, 0.5) is 17.1 Å². The summed E-state index contributed by atoms with van der Waals surface area (Å²) in [4.78, 5) is 2.37. The molecule has 0 amide bonds. The van der Waals surface area contributed by atoms with E-state index in [0.717, 1.165) is 17.1 Å². The lowest BCUT2D eigenvalue weighted by atomic mass is 9.78. The highest BCUT2D eigenvalue weighted by molar-refractivity contribution is 5.96. The zero-order valence-electron chi connectivity index (χ0n) is 33.0. The molecule has 0 heterocycles. The molecule has 274 valence electrons. The Morgan fingerprint density at radius 2 is 0.667 bits per heavy atom. The molecular formula is C56H45N. The van der Waals surface area contributed by atoms with E-state index in [9.17, 15) is 0 Å². The number of hydrogen-bond donors (Lipinski definition) is 0. The predicted molar refractivity (Wildman–Crippen MR) is 244 cm³/mol. The van der Waals surface area contributed by atoms with Gasteiger partial charge in [-0.25, -0.2) is 0 Å². The van der Waals surface area contributed by atoms with Crippen molar-refractivity contribution in [3.05, 3.63) is 221 Å². The molecule has 2 aliphatic carbocycles. The summed E-state index contributed by atoms with van der Waals surface area (Å²) in [6.45, 7) is 9.34. The molecular weight excluding hydrogens is 687 g/mol. The van der Waals surface area contributed by atoms with Gasteiger partial charge in [-0.15, -0.1) is 0 Å². The van der Waals surface area contributed by atoms with Gasteiger partial charge in [0.2, 0.25) is 0 Å². The van der Waals surface area contributed by atoms with Crippen molar-refractivity contribution in [1.29, 1.82) is 0 Å². The first-order valence-corrected chi connectivity index (χ1v) is 20.1. The molecule has 0 aromatic heterocycles. The highest BCUT2D eigenvalue weighted by Crippen LogP contribution is 2.48. The fraction of sp³-hybridized carbons (Fsp3) is 0.107. The van der Waals surface area contributed by atoms with Crippen LogP contribution in [-0.2, 0) is 10.8 Å². The van der Waals surface area contributed by atoms with Crippen molar-refractivity contribution in [2.24, 2.45) is 0 Å².